The zero-order valence-electron chi connectivity index (χ0n) is 9.31. The van der Waals surface area contributed by atoms with Crippen molar-refractivity contribution in [2.45, 2.75) is 44.9 Å². The van der Waals surface area contributed by atoms with Gasteiger partial charge < -0.3 is 9.84 Å². The SMILES string of the molecule is CCn1cc(C(O)C2(C)CCCO2)cn1. The first-order valence-corrected chi connectivity index (χ1v) is 5.50. The molecule has 4 nitrogen and oxygen atoms in total. The zero-order valence-corrected chi connectivity index (χ0v) is 9.31. The minimum atomic E-state index is -0.569. The van der Waals surface area contributed by atoms with Crippen LogP contribution >= 0.6 is 0 Å². The van der Waals surface area contributed by atoms with Gasteiger partial charge in [-0.15, -0.1) is 0 Å². The molecule has 0 aromatic carbocycles. The first kappa shape index (κ1) is 10.6. The van der Waals surface area contributed by atoms with E-state index in [0.29, 0.717) is 0 Å². The molecule has 2 rings (SSSR count). The molecular weight excluding hydrogens is 192 g/mol. The summed E-state index contributed by atoms with van der Waals surface area (Å²) in [6.45, 7) is 5.56. The summed E-state index contributed by atoms with van der Waals surface area (Å²) in [5, 5.41) is 14.4. The van der Waals surface area contributed by atoms with Crippen molar-refractivity contribution < 1.29 is 9.84 Å². The number of nitrogens with zero attached hydrogens (tertiary/aromatic N) is 2. The van der Waals surface area contributed by atoms with Crippen LogP contribution in [0.5, 0.6) is 0 Å². The van der Waals surface area contributed by atoms with E-state index in [1.54, 1.807) is 6.20 Å². The van der Waals surface area contributed by atoms with Crippen LogP contribution in [-0.2, 0) is 11.3 Å². The number of aliphatic hydroxyl groups excluding tert-OH is 1. The molecule has 15 heavy (non-hydrogen) atoms. The largest absolute Gasteiger partial charge is 0.385 e. The summed E-state index contributed by atoms with van der Waals surface area (Å²) < 4.78 is 7.43. The minimum Gasteiger partial charge on any atom is -0.385 e. The summed E-state index contributed by atoms with van der Waals surface area (Å²) in [5.41, 5.74) is 0.419. The van der Waals surface area contributed by atoms with E-state index in [9.17, 15) is 5.11 Å². The number of aryl methyl sites for hydroxylation is 1. The Labute approximate surface area is 89.9 Å². The van der Waals surface area contributed by atoms with Gasteiger partial charge in [0, 0.05) is 24.9 Å². The minimum absolute atomic E-state index is 0.429. The van der Waals surface area contributed by atoms with Gasteiger partial charge in [0.25, 0.3) is 0 Å². The normalized spacial score (nSPS) is 28.2. The Bertz CT molecular complexity index is 329. The van der Waals surface area contributed by atoms with Gasteiger partial charge in [-0.1, -0.05) is 0 Å². The lowest BCUT2D eigenvalue weighted by Crippen LogP contribution is -2.31. The second kappa shape index (κ2) is 3.94. The molecule has 84 valence electrons. The maximum Gasteiger partial charge on any atom is 0.111 e. The molecule has 0 amide bonds. The maximum atomic E-state index is 10.2. The van der Waals surface area contributed by atoms with Gasteiger partial charge in [0.15, 0.2) is 0 Å². The van der Waals surface area contributed by atoms with Crippen molar-refractivity contribution in [3.05, 3.63) is 18.0 Å². The highest BCUT2D eigenvalue weighted by atomic mass is 16.5. The van der Waals surface area contributed by atoms with E-state index in [-0.39, 0.29) is 0 Å². The molecule has 0 saturated carbocycles. The molecule has 0 aliphatic carbocycles. The van der Waals surface area contributed by atoms with Gasteiger partial charge in [0.05, 0.1) is 11.8 Å². The second-order valence-electron chi connectivity index (χ2n) is 4.30. The first-order valence-electron chi connectivity index (χ1n) is 5.50. The topological polar surface area (TPSA) is 47.3 Å². The molecule has 2 unspecified atom stereocenters. The molecule has 1 fully saturated rings. The van der Waals surface area contributed by atoms with Crippen molar-refractivity contribution in [3.63, 3.8) is 0 Å². The lowest BCUT2D eigenvalue weighted by Gasteiger charge is -2.28. The van der Waals surface area contributed by atoms with Gasteiger partial charge in [0.2, 0.25) is 0 Å². The smallest absolute Gasteiger partial charge is 0.111 e. The second-order valence-corrected chi connectivity index (χ2v) is 4.30. The van der Waals surface area contributed by atoms with Crippen LogP contribution in [0.4, 0.5) is 0 Å². The lowest BCUT2D eigenvalue weighted by atomic mass is 9.92. The predicted octanol–water partition coefficient (Wildman–Crippen LogP) is 1.51. The third kappa shape index (κ3) is 1.92. The van der Waals surface area contributed by atoms with Gasteiger partial charge >= 0.3 is 0 Å². The van der Waals surface area contributed by atoms with E-state index in [1.165, 1.54) is 0 Å². The Kier molecular flexibility index (Phi) is 2.80. The van der Waals surface area contributed by atoms with E-state index in [1.807, 2.05) is 24.7 Å². The summed E-state index contributed by atoms with van der Waals surface area (Å²) in [4.78, 5) is 0. The summed E-state index contributed by atoms with van der Waals surface area (Å²) in [6.07, 6.45) is 4.97. The summed E-state index contributed by atoms with van der Waals surface area (Å²) in [5.74, 6) is 0. The molecule has 1 aromatic heterocycles. The van der Waals surface area contributed by atoms with Crippen molar-refractivity contribution in [1.82, 2.24) is 9.78 Å². The van der Waals surface area contributed by atoms with Gasteiger partial charge in [-0.3, -0.25) is 4.68 Å². The van der Waals surface area contributed by atoms with Crippen LogP contribution in [0.2, 0.25) is 0 Å². The van der Waals surface area contributed by atoms with Crippen molar-refractivity contribution in [3.8, 4) is 0 Å². The Morgan fingerprint density at radius 2 is 2.53 bits per heavy atom. The average Bonchev–Trinajstić information content (AvgIpc) is 2.85. The Balaban J connectivity index is 2.15. The fourth-order valence-corrected chi connectivity index (χ4v) is 2.06. The van der Waals surface area contributed by atoms with Crippen LogP contribution in [0.1, 0.15) is 38.4 Å². The van der Waals surface area contributed by atoms with Crippen LogP contribution in [0.3, 0.4) is 0 Å². The van der Waals surface area contributed by atoms with Crippen molar-refractivity contribution in [2.75, 3.05) is 6.61 Å². The highest BCUT2D eigenvalue weighted by molar-refractivity contribution is 5.13. The van der Waals surface area contributed by atoms with Crippen LogP contribution in [0.25, 0.3) is 0 Å². The monoisotopic (exact) mass is 210 g/mol. The van der Waals surface area contributed by atoms with Gasteiger partial charge in [0.1, 0.15) is 6.10 Å². The number of aliphatic hydroxyl groups is 1. The highest BCUT2D eigenvalue weighted by Crippen LogP contribution is 2.36. The number of ether oxygens (including phenoxy) is 1. The van der Waals surface area contributed by atoms with Crippen LogP contribution < -0.4 is 0 Å². The predicted molar refractivity (Wildman–Crippen MR) is 56.5 cm³/mol. The number of hydrogen-bond acceptors (Lipinski definition) is 3. The Morgan fingerprint density at radius 3 is 3.07 bits per heavy atom. The standard InChI is InChI=1S/C11H18N2O2/c1-3-13-8-9(7-12-13)10(14)11(2)5-4-6-15-11/h7-8,10,14H,3-6H2,1-2H3. The molecule has 1 aliphatic rings. The zero-order chi connectivity index (χ0) is 10.9. The number of aromatic nitrogens is 2. The molecule has 1 aromatic rings. The third-order valence-electron chi connectivity index (χ3n) is 3.12. The van der Waals surface area contributed by atoms with E-state index in [0.717, 1.165) is 31.6 Å². The molecule has 0 radical (unpaired) electrons. The molecule has 0 bridgehead atoms. The van der Waals surface area contributed by atoms with Crippen molar-refractivity contribution in [2.24, 2.45) is 0 Å². The van der Waals surface area contributed by atoms with Crippen LogP contribution in [0, 0.1) is 0 Å². The molecular formula is C11H18N2O2. The Hall–Kier alpha value is -0.870. The molecule has 2 atom stereocenters. The quantitative estimate of drug-likeness (QED) is 0.822. The molecule has 1 N–H and O–H groups in total. The van der Waals surface area contributed by atoms with Crippen LogP contribution in [-0.4, -0.2) is 27.1 Å². The Morgan fingerprint density at radius 1 is 1.73 bits per heavy atom. The summed E-state index contributed by atoms with van der Waals surface area (Å²) in [6, 6.07) is 0. The summed E-state index contributed by atoms with van der Waals surface area (Å²) in [7, 11) is 0. The van der Waals surface area contributed by atoms with Crippen molar-refractivity contribution >= 4 is 0 Å². The van der Waals surface area contributed by atoms with E-state index < -0.39 is 11.7 Å². The molecule has 1 saturated heterocycles. The fraction of sp³-hybridized carbons (Fsp3) is 0.727. The fourth-order valence-electron chi connectivity index (χ4n) is 2.06. The van der Waals surface area contributed by atoms with E-state index in [4.69, 9.17) is 4.74 Å². The average molecular weight is 210 g/mol. The molecule has 4 heteroatoms. The maximum absolute atomic E-state index is 10.2. The van der Waals surface area contributed by atoms with E-state index in [2.05, 4.69) is 5.10 Å². The number of rotatable bonds is 3. The lowest BCUT2D eigenvalue weighted by molar-refractivity contribution is -0.0796. The van der Waals surface area contributed by atoms with Gasteiger partial charge in [-0.05, 0) is 26.7 Å². The summed E-state index contributed by atoms with van der Waals surface area (Å²) >= 11 is 0. The van der Waals surface area contributed by atoms with E-state index >= 15 is 0 Å². The van der Waals surface area contributed by atoms with Crippen molar-refractivity contribution in [1.29, 1.82) is 0 Å². The molecule has 0 spiro atoms. The van der Waals surface area contributed by atoms with Gasteiger partial charge in [-0.2, -0.15) is 5.10 Å². The van der Waals surface area contributed by atoms with Crippen LogP contribution in [0.15, 0.2) is 12.4 Å². The molecule has 2 heterocycles. The first-order chi connectivity index (χ1) is 7.15. The molecule has 1 aliphatic heterocycles. The third-order valence-corrected chi connectivity index (χ3v) is 3.12. The van der Waals surface area contributed by atoms with Gasteiger partial charge in [-0.25, -0.2) is 0 Å². The highest BCUT2D eigenvalue weighted by Gasteiger charge is 2.38. The number of hydrogen-bond donors (Lipinski definition) is 1.